The van der Waals surface area contributed by atoms with Crippen molar-refractivity contribution in [1.29, 1.82) is 0 Å². The molecule has 1 amide bonds. The van der Waals surface area contributed by atoms with Crippen molar-refractivity contribution in [3.8, 4) is 11.3 Å². The van der Waals surface area contributed by atoms with Gasteiger partial charge in [0.2, 0.25) is 0 Å². The van der Waals surface area contributed by atoms with Gasteiger partial charge in [-0.15, -0.1) is 0 Å². The SMILES string of the molecule is CCc1nc2c(-c3ccco3)cc(C(=O)NCCN(C)C)cc2[nH]1.O=CO. The van der Waals surface area contributed by atoms with E-state index in [-0.39, 0.29) is 12.4 Å². The van der Waals surface area contributed by atoms with E-state index >= 15 is 0 Å². The number of carboxylic acid groups (broad SMARTS) is 1. The number of fused-ring (bicyclic) bond motifs is 1. The molecular weight excluding hydrogens is 348 g/mol. The number of hydrogen-bond acceptors (Lipinski definition) is 5. The van der Waals surface area contributed by atoms with Crippen molar-refractivity contribution in [2.75, 3.05) is 27.2 Å². The lowest BCUT2D eigenvalue weighted by Crippen LogP contribution is -2.31. The number of carbonyl (C=O) groups excluding carboxylic acids is 1. The highest BCUT2D eigenvalue weighted by atomic mass is 16.3. The summed E-state index contributed by atoms with van der Waals surface area (Å²) in [6.07, 6.45) is 2.43. The summed E-state index contributed by atoms with van der Waals surface area (Å²) < 4.78 is 5.53. The number of likely N-dealkylation sites (N-methyl/N-ethyl adjacent to an activating group) is 1. The molecule has 8 heteroatoms. The second kappa shape index (κ2) is 9.54. The van der Waals surface area contributed by atoms with Gasteiger partial charge in [-0.3, -0.25) is 9.59 Å². The van der Waals surface area contributed by atoms with Crippen LogP contribution in [0.2, 0.25) is 0 Å². The summed E-state index contributed by atoms with van der Waals surface area (Å²) >= 11 is 0. The van der Waals surface area contributed by atoms with Crippen LogP contribution < -0.4 is 5.32 Å². The summed E-state index contributed by atoms with van der Waals surface area (Å²) in [6, 6.07) is 7.40. The van der Waals surface area contributed by atoms with Crippen LogP contribution in [0.15, 0.2) is 34.9 Å². The first-order valence-corrected chi connectivity index (χ1v) is 8.57. The third kappa shape index (κ3) is 5.18. The fraction of sp³-hybridized carbons (Fsp3) is 0.316. The Balaban J connectivity index is 0.000000817. The second-order valence-corrected chi connectivity index (χ2v) is 6.10. The Morgan fingerprint density at radius 2 is 2.15 bits per heavy atom. The smallest absolute Gasteiger partial charge is 0.290 e. The number of hydrogen-bond donors (Lipinski definition) is 3. The molecule has 0 unspecified atom stereocenters. The molecular formula is C19H24N4O4. The number of H-pyrrole nitrogens is 1. The molecule has 1 aromatic carbocycles. The van der Waals surface area contributed by atoms with E-state index in [1.165, 1.54) is 0 Å². The zero-order chi connectivity index (χ0) is 19.8. The minimum atomic E-state index is -0.250. The van der Waals surface area contributed by atoms with Crippen LogP contribution >= 0.6 is 0 Å². The molecule has 0 fully saturated rings. The van der Waals surface area contributed by atoms with E-state index < -0.39 is 0 Å². The molecule has 144 valence electrons. The molecule has 0 atom stereocenters. The van der Waals surface area contributed by atoms with Crippen LogP contribution in [0.1, 0.15) is 23.1 Å². The number of amides is 1. The van der Waals surface area contributed by atoms with E-state index in [4.69, 9.17) is 14.3 Å². The average molecular weight is 372 g/mol. The van der Waals surface area contributed by atoms with Crippen LogP contribution in [-0.4, -0.2) is 59.5 Å². The van der Waals surface area contributed by atoms with E-state index in [1.807, 2.05) is 50.2 Å². The Morgan fingerprint density at radius 1 is 1.41 bits per heavy atom. The summed E-state index contributed by atoms with van der Waals surface area (Å²) in [5.74, 6) is 1.50. The fourth-order valence-corrected chi connectivity index (χ4v) is 2.58. The Morgan fingerprint density at radius 3 is 2.74 bits per heavy atom. The lowest BCUT2D eigenvalue weighted by molar-refractivity contribution is -0.122. The minimum Gasteiger partial charge on any atom is -0.483 e. The number of aromatic amines is 1. The lowest BCUT2D eigenvalue weighted by atomic mass is 10.1. The molecule has 0 spiro atoms. The van der Waals surface area contributed by atoms with Crippen molar-refractivity contribution >= 4 is 23.4 Å². The summed E-state index contributed by atoms with van der Waals surface area (Å²) in [5, 5.41) is 9.83. The number of imidazole rings is 1. The van der Waals surface area contributed by atoms with Gasteiger partial charge >= 0.3 is 0 Å². The highest BCUT2D eigenvalue weighted by Crippen LogP contribution is 2.29. The van der Waals surface area contributed by atoms with E-state index in [9.17, 15) is 4.79 Å². The van der Waals surface area contributed by atoms with Crippen LogP contribution in [0.25, 0.3) is 22.4 Å². The molecule has 0 aliphatic heterocycles. The number of aromatic nitrogens is 2. The average Bonchev–Trinajstić information content (AvgIpc) is 3.30. The summed E-state index contributed by atoms with van der Waals surface area (Å²) in [6.45, 7) is 3.19. The van der Waals surface area contributed by atoms with Crippen molar-refractivity contribution in [3.63, 3.8) is 0 Å². The summed E-state index contributed by atoms with van der Waals surface area (Å²) in [4.78, 5) is 30.8. The van der Waals surface area contributed by atoms with Gasteiger partial charge in [0, 0.05) is 30.6 Å². The molecule has 3 N–H and O–H groups in total. The number of benzene rings is 1. The molecule has 0 aliphatic rings. The van der Waals surface area contributed by atoms with Gasteiger partial charge in [-0.1, -0.05) is 6.92 Å². The van der Waals surface area contributed by atoms with Gasteiger partial charge in [0.25, 0.3) is 12.4 Å². The normalized spacial score (nSPS) is 10.5. The van der Waals surface area contributed by atoms with Gasteiger partial charge in [0.05, 0.1) is 17.3 Å². The minimum absolute atomic E-state index is 0.0980. The molecule has 0 bridgehead atoms. The fourth-order valence-electron chi connectivity index (χ4n) is 2.58. The third-order valence-corrected chi connectivity index (χ3v) is 3.86. The van der Waals surface area contributed by atoms with Crippen LogP contribution in [-0.2, 0) is 11.2 Å². The van der Waals surface area contributed by atoms with E-state index in [0.29, 0.717) is 17.9 Å². The van der Waals surface area contributed by atoms with Gasteiger partial charge in [-0.2, -0.15) is 0 Å². The van der Waals surface area contributed by atoms with Crippen LogP contribution in [0.4, 0.5) is 0 Å². The van der Waals surface area contributed by atoms with Gasteiger partial charge in [-0.25, -0.2) is 4.98 Å². The number of carbonyl (C=O) groups is 2. The maximum atomic E-state index is 12.5. The topological polar surface area (TPSA) is 111 Å². The van der Waals surface area contributed by atoms with Crippen molar-refractivity contribution in [1.82, 2.24) is 20.2 Å². The van der Waals surface area contributed by atoms with Gasteiger partial charge < -0.3 is 24.7 Å². The molecule has 8 nitrogen and oxygen atoms in total. The highest BCUT2D eigenvalue weighted by Gasteiger charge is 2.16. The standard InChI is InChI=1S/C18H22N4O2.CH2O2/c1-4-16-20-14-11-12(18(23)19-7-8-22(2)3)10-13(17(14)21-16)15-6-5-9-24-15;2-1-3/h5-6,9-11H,4,7-8H2,1-3H3,(H,19,23)(H,20,21);1H,(H,2,3). The first-order valence-electron chi connectivity index (χ1n) is 8.57. The molecule has 0 saturated heterocycles. The largest absolute Gasteiger partial charge is 0.483 e. The molecule has 0 aliphatic carbocycles. The number of furan rings is 1. The molecule has 0 saturated carbocycles. The number of rotatable bonds is 6. The summed E-state index contributed by atoms with van der Waals surface area (Å²) in [5.41, 5.74) is 3.09. The maximum Gasteiger partial charge on any atom is 0.290 e. The van der Waals surface area contributed by atoms with Crippen LogP contribution in [0, 0.1) is 0 Å². The molecule has 3 rings (SSSR count). The van der Waals surface area contributed by atoms with Gasteiger partial charge in [-0.05, 0) is 38.4 Å². The Labute approximate surface area is 157 Å². The predicted octanol–water partition coefficient (Wildman–Crippen LogP) is 2.38. The zero-order valence-electron chi connectivity index (χ0n) is 15.7. The predicted molar refractivity (Wildman–Crippen MR) is 103 cm³/mol. The zero-order valence-corrected chi connectivity index (χ0v) is 15.7. The van der Waals surface area contributed by atoms with Gasteiger partial charge in [0.1, 0.15) is 11.6 Å². The highest BCUT2D eigenvalue weighted by molar-refractivity contribution is 6.02. The Kier molecular flexibility index (Phi) is 7.13. The van der Waals surface area contributed by atoms with Gasteiger partial charge in [0.15, 0.2) is 0 Å². The second-order valence-electron chi connectivity index (χ2n) is 6.10. The Bertz CT molecular complexity index is 885. The van der Waals surface area contributed by atoms with Crippen LogP contribution in [0.5, 0.6) is 0 Å². The first-order chi connectivity index (χ1) is 13.0. The molecule has 27 heavy (non-hydrogen) atoms. The molecule has 2 heterocycles. The Hall–Kier alpha value is -3.13. The monoisotopic (exact) mass is 372 g/mol. The lowest BCUT2D eigenvalue weighted by Gasteiger charge is -2.11. The first kappa shape index (κ1) is 20.2. The van der Waals surface area contributed by atoms with E-state index in [2.05, 4.69) is 15.3 Å². The van der Waals surface area contributed by atoms with Crippen LogP contribution in [0.3, 0.4) is 0 Å². The number of nitrogens with one attached hydrogen (secondary N) is 2. The molecule has 0 radical (unpaired) electrons. The van der Waals surface area contributed by atoms with E-state index in [0.717, 1.165) is 35.4 Å². The summed E-state index contributed by atoms with van der Waals surface area (Å²) in [7, 11) is 3.95. The van der Waals surface area contributed by atoms with Crippen molar-refractivity contribution in [2.45, 2.75) is 13.3 Å². The van der Waals surface area contributed by atoms with Crippen molar-refractivity contribution in [2.24, 2.45) is 0 Å². The quantitative estimate of drug-likeness (QED) is 0.573. The number of aryl methyl sites for hydroxylation is 1. The maximum absolute atomic E-state index is 12.5. The van der Waals surface area contributed by atoms with E-state index in [1.54, 1.807) is 6.26 Å². The van der Waals surface area contributed by atoms with Crippen molar-refractivity contribution in [3.05, 3.63) is 41.9 Å². The van der Waals surface area contributed by atoms with Crippen molar-refractivity contribution < 1.29 is 19.1 Å². The molecule has 2 aromatic heterocycles. The number of nitrogens with zero attached hydrogens (tertiary/aromatic N) is 2. The third-order valence-electron chi connectivity index (χ3n) is 3.86. The molecule has 3 aromatic rings.